The van der Waals surface area contributed by atoms with E-state index in [9.17, 15) is 8.42 Å². The van der Waals surface area contributed by atoms with Crippen LogP contribution in [0.25, 0.3) is 16.9 Å². The van der Waals surface area contributed by atoms with E-state index in [2.05, 4.69) is 20.1 Å². The molecule has 2 N–H and O–H groups in total. The van der Waals surface area contributed by atoms with Gasteiger partial charge in [-0.2, -0.15) is 9.61 Å². The first-order valence-corrected chi connectivity index (χ1v) is 9.96. The maximum absolute atomic E-state index is 11.9. The number of hydrogen-bond donors (Lipinski definition) is 2. The number of sulfonamides is 1. The molecule has 0 unspecified atom stereocenters. The van der Waals surface area contributed by atoms with Crippen LogP contribution in [0.3, 0.4) is 0 Å². The molecule has 2 heterocycles. The standard InChI is InChI=1S/C19H16BN5O2S/c1-21-28(26,27)15-9-7-14(8-10-15)23-18-11-17(13-5-3-2-4-6-13)24-19-16(20)12-22-25(18)19/h2-12,21,23H,1H3. The number of anilines is 2. The van der Waals surface area contributed by atoms with Crippen molar-refractivity contribution in [2.45, 2.75) is 4.90 Å². The first-order valence-electron chi connectivity index (χ1n) is 8.48. The van der Waals surface area contributed by atoms with Gasteiger partial charge in [-0.15, -0.1) is 0 Å². The lowest BCUT2D eigenvalue weighted by molar-refractivity contribution is 0.588. The molecule has 0 aliphatic rings. The van der Waals surface area contributed by atoms with Crippen LogP contribution in [0.5, 0.6) is 0 Å². The largest absolute Gasteiger partial charge is 0.340 e. The number of rotatable bonds is 5. The van der Waals surface area contributed by atoms with Gasteiger partial charge in [-0.3, -0.25) is 0 Å². The predicted molar refractivity (Wildman–Crippen MR) is 110 cm³/mol. The average molecular weight is 389 g/mol. The van der Waals surface area contributed by atoms with Crippen LogP contribution in [-0.4, -0.2) is 37.9 Å². The Morgan fingerprint density at radius 2 is 1.75 bits per heavy atom. The molecule has 4 rings (SSSR count). The van der Waals surface area contributed by atoms with E-state index in [0.717, 1.165) is 11.3 Å². The average Bonchev–Trinajstić information content (AvgIpc) is 3.10. The first-order chi connectivity index (χ1) is 13.5. The molecule has 28 heavy (non-hydrogen) atoms. The number of hydrogen-bond acceptors (Lipinski definition) is 5. The van der Waals surface area contributed by atoms with Crippen molar-refractivity contribution in [2.24, 2.45) is 0 Å². The second-order valence-electron chi connectivity index (χ2n) is 6.08. The number of aromatic nitrogens is 3. The Hall–Kier alpha value is -3.17. The van der Waals surface area contributed by atoms with Crippen LogP contribution in [0, 0.1) is 0 Å². The van der Waals surface area contributed by atoms with Crippen molar-refractivity contribution in [2.75, 3.05) is 12.4 Å². The Morgan fingerprint density at radius 1 is 1.04 bits per heavy atom. The molecule has 9 heteroatoms. The van der Waals surface area contributed by atoms with Gasteiger partial charge in [0.25, 0.3) is 0 Å². The highest BCUT2D eigenvalue weighted by atomic mass is 32.2. The van der Waals surface area contributed by atoms with Gasteiger partial charge in [0, 0.05) is 23.5 Å². The summed E-state index contributed by atoms with van der Waals surface area (Å²) in [6, 6.07) is 18.0. The van der Waals surface area contributed by atoms with Crippen LogP contribution >= 0.6 is 0 Å². The molecular formula is C19H16BN5O2S. The Balaban J connectivity index is 1.76. The summed E-state index contributed by atoms with van der Waals surface area (Å²) in [7, 11) is 3.91. The van der Waals surface area contributed by atoms with Crippen molar-refractivity contribution >= 4 is 40.5 Å². The summed E-state index contributed by atoms with van der Waals surface area (Å²) >= 11 is 0. The van der Waals surface area contributed by atoms with Crippen LogP contribution in [0.15, 0.2) is 71.8 Å². The highest BCUT2D eigenvalue weighted by Gasteiger charge is 2.13. The smallest absolute Gasteiger partial charge is 0.240 e. The van der Waals surface area contributed by atoms with Crippen molar-refractivity contribution < 1.29 is 8.42 Å². The van der Waals surface area contributed by atoms with Crippen LogP contribution in [0.2, 0.25) is 0 Å². The second-order valence-corrected chi connectivity index (χ2v) is 7.97. The summed E-state index contributed by atoms with van der Waals surface area (Å²) in [6.45, 7) is 0. The number of nitrogens with one attached hydrogen (secondary N) is 2. The van der Waals surface area contributed by atoms with Gasteiger partial charge in [0.15, 0.2) is 5.65 Å². The molecule has 138 valence electrons. The number of benzene rings is 2. The quantitative estimate of drug-likeness (QED) is 0.509. The molecule has 0 saturated heterocycles. The molecule has 0 saturated carbocycles. The van der Waals surface area contributed by atoms with E-state index in [-0.39, 0.29) is 4.90 Å². The van der Waals surface area contributed by atoms with Crippen LogP contribution in [0.1, 0.15) is 0 Å². The maximum atomic E-state index is 11.9. The minimum Gasteiger partial charge on any atom is -0.340 e. The van der Waals surface area contributed by atoms with Crippen LogP contribution < -0.4 is 15.5 Å². The summed E-state index contributed by atoms with van der Waals surface area (Å²) in [5.74, 6) is 0.657. The third-order valence-corrected chi connectivity index (χ3v) is 5.70. The number of nitrogens with zero attached hydrogens (tertiary/aromatic N) is 3. The van der Waals surface area contributed by atoms with Gasteiger partial charge >= 0.3 is 0 Å². The summed E-state index contributed by atoms with van der Waals surface area (Å²) in [5, 5.41) is 7.54. The maximum Gasteiger partial charge on any atom is 0.240 e. The number of fused-ring (bicyclic) bond motifs is 1. The lowest BCUT2D eigenvalue weighted by Gasteiger charge is -2.12. The van der Waals surface area contributed by atoms with Gasteiger partial charge in [0.05, 0.1) is 10.6 Å². The highest BCUT2D eigenvalue weighted by molar-refractivity contribution is 7.89. The van der Waals surface area contributed by atoms with Gasteiger partial charge in [-0.1, -0.05) is 30.3 Å². The second kappa shape index (κ2) is 7.10. The molecule has 0 aliphatic carbocycles. The first kappa shape index (κ1) is 18.2. The van der Waals surface area contributed by atoms with Crippen LogP contribution in [0.4, 0.5) is 11.5 Å². The zero-order chi connectivity index (χ0) is 19.7. The fourth-order valence-electron chi connectivity index (χ4n) is 2.81. The lowest BCUT2D eigenvalue weighted by atomic mass is 10.0. The zero-order valence-electron chi connectivity index (χ0n) is 15.0. The fourth-order valence-corrected chi connectivity index (χ4v) is 3.54. The summed E-state index contributed by atoms with van der Waals surface area (Å²) in [6.07, 6.45) is 1.55. The topological polar surface area (TPSA) is 88.4 Å². The van der Waals surface area contributed by atoms with Crippen molar-refractivity contribution in [3.63, 3.8) is 0 Å². The van der Waals surface area contributed by atoms with Gasteiger partial charge in [-0.05, 0) is 36.8 Å². The molecule has 4 aromatic rings. The van der Waals surface area contributed by atoms with E-state index in [1.54, 1.807) is 22.8 Å². The third kappa shape index (κ3) is 3.37. The van der Waals surface area contributed by atoms with E-state index < -0.39 is 10.0 Å². The van der Waals surface area contributed by atoms with Crippen molar-refractivity contribution in [3.8, 4) is 11.3 Å². The van der Waals surface area contributed by atoms with E-state index >= 15 is 0 Å². The lowest BCUT2D eigenvalue weighted by Crippen LogP contribution is -2.18. The Kier molecular flexibility index (Phi) is 4.62. The van der Waals surface area contributed by atoms with Gasteiger partial charge in [-0.25, -0.2) is 18.1 Å². The molecule has 0 atom stereocenters. The minimum absolute atomic E-state index is 0.189. The van der Waals surface area contributed by atoms with Crippen molar-refractivity contribution in [1.82, 2.24) is 19.3 Å². The third-order valence-electron chi connectivity index (χ3n) is 4.27. The van der Waals surface area contributed by atoms with E-state index in [0.29, 0.717) is 22.6 Å². The van der Waals surface area contributed by atoms with Crippen molar-refractivity contribution in [3.05, 3.63) is 66.9 Å². The molecule has 2 aromatic carbocycles. The molecular weight excluding hydrogens is 373 g/mol. The van der Waals surface area contributed by atoms with Gasteiger partial charge in [0.1, 0.15) is 13.7 Å². The molecule has 0 amide bonds. The Bertz CT molecular complexity index is 1240. The monoisotopic (exact) mass is 389 g/mol. The Morgan fingerprint density at radius 3 is 2.43 bits per heavy atom. The van der Waals surface area contributed by atoms with Gasteiger partial charge in [0.2, 0.25) is 10.0 Å². The molecule has 0 fully saturated rings. The summed E-state index contributed by atoms with van der Waals surface area (Å²) < 4.78 is 27.7. The van der Waals surface area contributed by atoms with Gasteiger partial charge < -0.3 is 5.32 Å². The van der Waals surface area contributed by atoms with E-state index in [4.69, 9.17) is 7.85 Å². The predicted octanol–water partition coefficient (Wildman–Crippen LogP) is 1.84. The highest BCUT2D eigenvalue weighted by Crippen LogP contribution is 2.24. The molecule has 2 radical (unpaired) electrons. The molecule has 2 aromatic heterocycles. The van der Waals surface area contributed by atoms with Crippen molar-refractivity contribution in [1.29, 1.82) is 0 Å². The fraction of sp³-hybridized carbons (Fsp3) is 0.0526. The SMILES string of the molecule is [B]c1cnn2c(Nc3ccc(S(=O)(=O)NC)cc3)cc(-c3ccccc3)nc12. The molecule has 0 spiro atoms. The zero-order valence-corrected chi connectivity index (χ0v) is 15.8. The minimum atomic E-state index is -3.48. The summed E-state index contributed by atoms with van der Waals surface area (Å²) in [4.78, 5) is 4.80. The normalized spacial score (nSPS) is 11.6. The molecule has 0 aliphatic heterocycles. The van der Waals surface area contributed by atoms with E-state index in [1.165, 1.54) is 19.2 Å². The van der Waals surface area contributed by atoms with E-state index in [1.807, 2.05) is 36.4 Å². The summed E-state index contributed by atoms with van der Waals surface area (Å²) in [5.41, 5.74) is 3.41. The van der Waals surface area contributed by atoms with Crippen LogP contribution in [-0.2, 0) is 10.0 Å². The molecule has 0 bridgehead atoms. The molecule has 7 nitrogen and oxygen atoms in total. The Labute approximate surface area is 163 Å².